The van der Waals surface area contributed by atoms with Gasteiger partial charge in [0.15, 0.2) is 4.96 Å². The minimum absolute atomic E-state index is 0.00159. The highest BCUT2D eigenvalue weighted by molar-refractivity contribution is 7.92. The smallest absolute Gasteiger partial charge is 0.338 e. The number of benzene rings is 2. The van der Waals surface area contributed by atoms with Gasteiger partial charge in [0.1, 0.15) is 6.61 Å². The van der Waals surface area contributed by atoms with Crippen molar-refractivity contribution in [1.82, 2.24) is 9.38 Å². The predicted molar refractivity (Wildman–Crippen MR) is 131 cm³/mol. The van der Waals surface area contributed by atoms with Gasteiger partial charge in [-0.2, -0.15) is 0 Å². The highest BCUT2D eigenvalue weighted by Crippen LogP contribution is 2.25. The average molecular weight is 498 g/mol. The Morgan fingerprint density at radius 2 is 1.91 bits per heavy atom. The number of fused-ring (bicyclic) bond motifs is 1. The van der Waals surface area contributed by atoms with Gasteiger partial charge in [-0.15, -0.1) is 11.3 Å². The van der Waals surface area contributed by atoms with E-state index in [0.29, 0.717) is 29.3 Å². The lowest BCUT2D eigenvalue weighted by atomic mass is 10.2. The fourth-order valence-electron chi connectivity index (χ4n) is 3.38. The molecule has 0 unspecified atom stereocenters. The van der Waals surface area contributed by atoms with Crippen molar-refractivity contribution in [3.05, 3.63) is 93.9 Å². The number of carbonyl (C=O) groups excluding carboxylic acids is 1. The maximum atomic E-state index is 13.5. The minimum Gasteiger partial charge on any atom is -0.456 e. The van der Waals surface area contributed by atoms with Crippen LogP contribution in [0, 0.1) is 0 Å². The van der Waals surface area contributed by atoms with E-state index in [0.717, 1.165) is 6.42 Å². The molecule has 0 aliphatic heterocycles. The molecular weight excluding hydrogens is 474 g/mol. The summed E-state index contributed by atoms with van der Waals surface area (Å²) in [7, 11) is -3.90. The van der Waals surface area contributed by atoms with Crippen LogP contribution >= 0.6 is 11.3 Å². The number of carbonyl (C=O) groups is 1. The van der Waals surface area contributed by atoms with E-state index in [9.17, 15) is 18.0 Å². The van der Waals surface area contributed by atoms with Gasteiger partial charge >= 0.3 is 5.97 Å². The number of aromatic nitrogens is 2. The predicted octanol–water partition coefficient (Wildman–Crippen LogP) is 4.11. The third-order valence-corrected chi connectivity index (χ3v) is 7.70. The van der Waals surface area contributed by atoms with Gasteiger partial charge in [-0.05, 0) is 36.8 Å². The van der Waals surface area contributed by atoms with Gasteiger partial charge in [-0.25, -0.2) is 18.2 Å². The van der Waals surface area contributed by atoms with Crippen LogP contribution in [0.5, 0.6) is 0 Å². The normalized spacial score (nSPS) is 11.4. The van der Waals surface area contributed by atoms with E-state index in [2.05, 4.69) is 4.98 Å². The van der Waals surface area contributed by atoms with Crippen LogP contribution in [0.2, 0.25) is 0 Å². The largest absolute Gasteiger partial charge is 0.456 e. The molecule has 0 aliphatic carbocycles. The summed E-state index contributed by atoms with van der Waals surface area (Å²) in [6.45, 7) is 2.11. The van der Waals surface area contributed by atoms with Crippen molar-refractivity contribution >= 4 is 38.0 Å². The van der Waals surface area contributed by atoms with Crippen LogP contribution in [0.4, 0.5) is 5.69 Å². The number of unbranched alkanes of at least 4 members (excludes halogenated alkanes) is 1. The van der Waals surface area contributed by atoms with E-state index in [1.165, 1.54) is 50.4 Å². The average Bonchev–Trinajstić information content (AvgIpc) is 3.33. The molecule has 2 aromatic carbocycles. The number of hydrogen-bond donors (Lipinski definition) is 0. The summed E-state index contributed by atoms with van der Waals surface area (Å²) in [5.74, 6) is -0.704. The molecule has 2 aromatic heterocycles. The number of sulfonamides is 1. The minimum atomic E-state index is -3.90. The quantitative estimate of drug-likeness (QED) is 0.323. The lowest BCUT2D eigenvalue weighted by Gasteiger charge is -2.24. The molecule has 0 saturated carbocycles. The number of ether oxygens (including phenoxy) is 1. The van der Waals surface area contributed by atoms with Crippen molar-refractivity contribution in [2.24, 2.45) is 0 Å². The molecule has 0 N–H and O–H groups in total. The van der Waals surface area contributed by atoms with E-state index < -0.39 is 16.0 Å². The third-order valence-electron chi connectivity index (χ3n) is 5.12. The standard InChI is InChI=1S/C24H23N3O5S2/c1-2-3-12-27(20-9-5-4-6-10-20)34(30,31)21-11-7-8-18(15-21)23(29)32-17-19-16-22(28)26-13-14-33-24(26)25-19/h4-11,13-16H,2-3,12,17H2,1H3. The monoisotopic (exact) mass is 497 g/mol. The molecule has 176 valence electrons. The van der Waals surface area contributed by atoms with Gasteiger partial charge in [0.25, 0.3) is 15.6 Å². The molecular formula is C24H23N3O5S2. The summed E-state index contributed by atoms with van der Waals surface area (Å²) >= 11 is 1.30. The molecule has 0 bridgehead atoms. The summed E-state index contributed by atoms with van der Waals surface area (Å²) in [6.07, 6.45) is 3.15. The van der Waals surface area contributed by atoms with Crippen LogP contribution in [-0.2, 0) is 21.4 Å². The number of thiazole rings is 1. The van der Waals surface area contributed by atoms with Crippen molar-refractivity contribution in [2.45, 2.75) is 31.3 Å². The second-order valence-electron chi connectivity index (χ2n) is 7.51. The Labute approximate surface area is 201 Å². The second kappa shape index (κ2) is 10.2. The van der Waals surface area contributed by atoms with Crippen LogP contribution < -0.4 is 9.86 Å². The maximum Gasteiger partial charge on any atom is 0.338 e. The van der Waals surface area contributed by atoms with Crippen molar-refractivity contribution in [3.63, 3.8) is 0 Å². The SMILES string of the molecule is CCCCN(c1ccccc1)S(=O)(=O)c1cccc(C(=O)OCc2cc(=O)n3ccsc3n2)c1. The van der Waals surface area contributed by atoms with Crippen LogP contribution in [0.25, 0.3) is 4.96 Å². The molecule has 8 nitrogen and oxygen atoms in total. The number of esters is 1. The maximum absolute atomic E-state index is 13.5. The lowest BCUT2D eigenvalue weighted by molar-refractivity contribution is 0.0467. The van der Waals surface area contributed by atoms with Gasteiger partial charge < -0.3 is 4.74 Å². The zero-order chi connectivity index (χ0) is 24.1. The summed E-state index contributed by atoms with van der Waals surface area (Å²) in [5.41, 5.74) is 0.710. The Morgan fingerprint density at radius 3 is 2.68 bits per heavy atom. The zero-order valence-corrected chi connectivity index (χ0v) is 20.1. The Bertz CT molecular complexity index is 1460. The van der Waals surface area contributed by atoms with Crippen LogP contribution in [-0.4, -0.2) is 30.3 Å². The first kappa shape index (κ1) is 23.7. The molecule has 0 radical (unpaired) electrons. The second-order valence-corrected chi connectivity index (χ2v) is 10.2. The molecule has 4 rings (SSSR count). The number of rotatable bonds is 9. The van der Waals surface area contributed by atoms with Gasteiger partial charge in [0.2, 0.25) is 0 Å². The Hall–Kier alpha value is -3.50. The molecule has 4 aromatic rings. The summed E-state index contributed by atoms with van der Waals surface area (Å²) in [5, 5.41) is 1.74. The van der Waals surface area contributed by atoms with E-state index in [-0.39, 0.29) is 22.6 Å². The van der Waals surface area contributed by atoms with Gasteiger partial charge in [-0.3, -0.25) is 13.5 Å². The molecule has 0 amide bonds. The zero-order valence-electron chi connectivity index (χ0n) is 18.5. The molecule has 0 fully saturated rings. The first-order valence-electron chi connectivity index (χ1n) is 10.7. The van der Waals surface area contributed by atoms with E-state index in [1.807, 2.05) is 13.0 Å². The van der Waals surface area contributed by atoms with Crippen LogP contribution in [0.3, 0.4) is 0 Å². The highest BCUT2D eigenvalue weighted by Gasteiger charge is 2.25. The fraction of sp³-hybridized carbons (Fsp3) is 0.208. The number of hydrogen-bond acceptors (Lipinski definition) is 7. The first-order chi connectivity index (χ1) is 16.4. The Kier molecular flexibility index (Phi) is 7.09. The van der Waals surface area contributed by atoms with Gasteiger partial charge in [-0.1, -0.05) is 37.6 Å². The number of nitrogens with zero attached hydrogens (tertiary/aromatic N) is 3. The third kappa shape index (κ3) is 5.02. The van der Waals surface area contributed by atoms with Crippen molar-refractivity contribution in [2.75, 3.05) is 10.8 Å². The Balaban J connectivity index is 1.55. The highest BCUT2D eigenvalue weighted by atomic mass is 32.2. The summed E-state index contributed by atoms with van der Waals surface area (Å²) < 4.78 is 35.0. The fourth-order valence-corrected chi connectivity index (χ4v) is 5.67. The molecule has 10 heteroatoms. The molecule has 0 atom stereocenters. The molecule has 0 saturated heterocycles. The summed E-state index contributed by atoms with van der Waals surface area (Å²) in [4.78, 5) is 29.6. The molecule has 0 spiro atoms. The van der Waals surface area contributed by atoms with Crippen LogP contribution in [0.1, 0.15) is 35.8 Å². The molecule has 2 heterocycles. The van der Waals surface area contributed by atoms with Crippen molar-refractivity contribution in [3.8, 4) is 0 Å². The summed E-state index contributed by atoms with van der Waals surface area (Å²) in [6, 6.07) is 15.9. The van der Waals surface area contributed by atoms with E-state index >= 15 is 0 Å². The van der Waals surface area contributed by atoms with E-state index in [4.69, 9.17) is 4.74 Å². The van der Waals surface area contributed by atoms with Crippen molar-refractivity contribution < 1.29 is 17.9 Å². The van der Waals surface area contributed by atoms with Crippen molar-refractivity contribution in [1.29, 1.82) is 0 Å². The first-order valence-corrected chi connectivity index (χ1v) is 13.0. The lowest BCUT2D eigenvalue weighted by Crippen LogP contribution is -2.32. The molecule has 34 heavy (non-hydrogen) atoms. The van der Waals surface area contributed by atoms with Gasteiger partial charge in [0.05, 0.1) is 21.8 Å². The van der Waals surface area contributed by atoms with E-state index in [1.54, 1.807) is 35.8 Å². The van der Waals surface area contributed by atoms with Gasteiger partial charge in [0, 0.05) is 24.2 Å². The topological polar surface area (TPSA) is 98.0 Å². The Morgan fingerprint density at radius 1 is 1.12 bits per heavy atom. The molecule has 0 aliphatic rings. The number of anilines is 1. The van der Waals surface area contributed by atoms with Crippen LogP contribution in [0.15, 0.2) is 81.9 Å². The number of para-hydroxylation sites is 1.